The average Bonchev–Trinajstić information content (AvgIpc) is 3.45. The summed E-state index contributed by atoms with van der Waals surface area (Å²) in [6.07, 6.45) is 4.37. The van der Waals surface area contributed by atoms with Crippen molar-refractivity contribution in [3.05, 3.63) is 60.1 Å². The van der Waals surface area contributed by atoms with Crippen LogP contribution in [0.5, 0.6) is 0 Å². The Morgan fingerprint density at radius 3 is 2.59 bits per heavy atom. The van der Waals surface area contributed by atoms with Crippen molar-refractivity contribution in [2.45, 2.75) is 51.8 Å². The highest BCUT2D eigenvalue weighted by atomic mass is 16.5. The zero-order valence-corrected chi connectivity index (χ0v) is 17.3. The van der Waals surface area contributed by atoms with E-state index in [1.54, 1.807) is 28.2 Å². The molecule has 1 aliphatic rings. The van der Waals surface area contributed by atoms with E-state index in [0.29, 0.717) is 18.7 Å². The first kappa shape index (κ1) is 21.1. The molecule has 3 rings (SSSR count). The topological polar surface area (TPSA) is 63.0 Å². The number of ether oxygens (including phenoxy) is 1. The molecule has 0 saturated carbocycles. The Balaban J connectivity index is 1.75. The molecule has 2 amide bonds. The summed E-state index contributed by atoms with van der Waals surface area (Å²) < 4.78 is 11.2. The third kappa shape index (κ3) is 5.70. The number of amides is 2. The lowest BCUT2D eigenvalue weighted by molar-refractivity contribution is -0.134. The van der Waals surface area contributed by atoms with Crippen LogP contribution in [0.2, 0.25) is 0 Å². The summed E-state index contributed by atoms with van der Waals surface area (Å²) in [5.41, 5.74) is 0.595. The number of furan rings is 1. The van der Waals surface area contributed by atoms with Crippen LogP contribution in [-0.4, -0.2) is 53.5 Å². The van der Waals surface area contributed by atoms with Crippen molar-refractivity contribution in [3.63, 3.8) is 0 Å². The monoisotopic (exact) mass is 398 g/mol. The lowest BCUT2D eigenvalue weighted by Crippen LogP contribution is -2.47. The van der Waals surface area contributed by atoms with Gasteiger partial charge in [0.2, 0.25) is 5.91 Å². The van der Waals surface area contributed by atoms with Gasteiger partial charge in [0.15, 0.2) is 0 Å². The van der Waals surface area contributed by atoms with Crippen LogP contribution in [0, 0.1) is 0 Å². The minimum atomic E-state index is -0.122. The van der Waals surface area contributed by atoms with Gasteiger partial charge in [0.1, 0.15) is 12.3 Å². The zero-order valence-electron chi connectivity index (χ0n) is 17.3. The van der Waals surface area contributed by atoms with Crippen LogP contribution < -0.4 is 0 Å². The molecule has 0 radical (unpaired) electrons. The molecule has 0 spiro atoms. The van der Waals surface area contributed by atoms with Gasteiger partial charge < -0.3 is 19.0 Å². The SMILES string of the molecule is CC[C@@H](C)N(CC(=O)N(Cc1ccco1)C[C@@H]1CCCO1)C(=O)c1ccccc1. The number of carbonyl (C=O) groups excluding carboxylic acids is 2. The summed E-state index contributed by atoms with van der Waals surface area (Å²) in [5.74, 6) is 0.505. The van der Waals surface area contributed by atoms with Crippen LogP contribution in [0.1, 0.15) is 49.2 Å². The minimum Gasteiger partial charge on any atom is -0.467 e. The summed E-state index contributed by atoms with van der Waals surface area (Å²) >= 11 is 0. The fraction of sp³-hybridized carbons (Fsp3) is 0.478. The standard InChI is InChI=1S/C23H30N2O4/c1-3-18(2)25(23(27)19-9-5-4-6-10-19)17-22(26)24(15-20-11-7-13-28-20)16-21-12-8-14-29-21/h4-7,9-11,13,18,21H,3,8,12,14-17H2,1-2H3/t18-,21+/m1/s1. The maximum atomic E-state index is 13.3. The maximum absolute atomic E-state index is 13.3. The minimum absolute atomic E-state index is 0.0378. The van der Waals surface area contributed by atoms with E-state index >= 15 is 0 Å². The molecule has 0 aliphatic carbocycles. The van der Waals surface area contributed by atoms with Gasteiger partial charge in [0, 0.05) is 24.8 Å². The molecule has 6 nitrogen and oxygen atoms in total. The Morgan fingerprint density at radius 1 is 1.17 bits per heavy atom. The highest BCUT2D eigenvalue weighted by Crippen LogP contribution is 2.17. The summed E-state index contributed by atoms with van der Waals surface area (Å²) in [5, 5.41) is 0. The Labute approximate surface area is 172 Å². The quantitative estimate of drug-likeness (QED) is 0.646. The number of rotatable bonds is 9. The van der Waals surface area contributed by atoms with E-state index < -0.39 is 0 Å². The van der Waals surface area contributed by atoms with Crippen molar-refractivity contribution in [1.29, 1.82) is 0 Å². The highest BCUT2D eigenvalue weighted by molar-refractivity contribution is 5.96. The van der Waals surface area contributed by atoms with E-state index in [1.807, 2.05) is 44.2 Å². The highest BCUT2D eigenvalue weighted by Gasteiger charge is 2.28. The van der Waals surface area contributed by atoms with Gasteiger partial charge in [-0.15, -0.1) is 0 Å². The smallest absolute Gasteiger partial charge is 0.254 e. The van der Waals surface area contributed by atoms with Gasteiger partial charge in [-0.1, -0.05) is 25.1 Å². The normalized spacial score (nSPS) is 17.1. The van der Waals surface area contributed by atoms with Crippen molar-refractivity contribution < 1.29 is 18.7 Å². The van der Waals surface area contributed by atoms with E-state index in [-0.39, 0.29) is 30.5 Å². The lowest BCUT2D eigenvalue weighted by atomic mass is 10.1. The van der Waals surface area contributed by atoms with E-state index in [4.69, 9.17) is 9.15 Å². The summed E-state index contributed by atoms with van der Waals surface area (Å²) in [6, 6.07) is 12.8. The summed E-state index contributed by atoms with van der Waals surface area (Å²) in [6.45, 7) is 5.65. The van der Waals surface area contributed by atoms with Gasteiger partial charge in [-0.25, -0.2) is 0 Å². The Kier molecular flexibility index (Phi) is 7.47. The van der Waals surface area contributed by atoms with E-state index in [0.717, 1.165) is 31.6 Å². The van der Waals surface area contributed by atoms with Crippen molar-refractivity contribution in [2.24, 2.45) is 0 Å². The third-order valence-electron chi connectivity index (χ3n) is 5.44. The molecule has 0 bridgehead atoms. The molecule has 2 heterocycles. The molecule has 0 unspecified atom stereocenters. The number of nitrogens with zero attached hydrogens (tertiary/aromatic N) is 2. The zero-order chi connectivity index (χ0) is 20.6. The van der Waals surface area contributed by atoms with E-state index in [1.165, 1.54) is 0 Å². The predicted molar refractivity (Wildman–Crippen MR) is 110 cm³/mol. The van der Waals surface area contributed by atoms with Crippen LogP contribution in [-0.2, 0) is 16.1 Å². The number of hydrogen-bond acceptors (Lipinski definition) is 4. The number of carbonyl (C=O) groups is 2. The Morgan fingerprint density at radius 2 is 1.97 bits per heavy atom. The van der Waals surface area contributed by atoms with Gasteiger partial charge in [-0.2, -0.15) is 0 Å². The van der Waals surface area contributed by atoms with Crippen molar-refractivity contribution >= 4 is 11.8 Å². The first-order chi connectivity index (χ1) is 14.1. The fourth-order valence-electron chi connectivity index (χ4n) is 3.52. The predicted octanol–water partition coefficient (Wildman–Crippen LogP) is 3.73. The molecular formula is C23H30N2O4. The van der Waals surface area contributed by atoms with Gasteiger partial charge >= 0.3 is 0 Å². The molecule has 2 atom stereocenters. The molecule has 0 N–H and O–H groups in total. The van der Waals surface area contributed by atoms with Crippen molar-refractivity contribution in [3.8, 4) is 0 Å². The maximum Gasteiger partial charge on any atom is 0.254 e. The lowest BCUT2D eigenvalue weighted by Gasteiger charge is -2.32. The summed E-state index contributed by atoms with van der Waals surface area (Å²) in [4.78, 5) is 29.8. The number of benzene rings is 1. The second-order valence-electron chi connectivity index (χ2n) is 7.55. The van der Waals surface area contributed by atoms with Gasteiger partial charge in [0.25, 0.3) is 5.91 Å². The first-order valence-electron chi connectivity index (χ1n) is 10.4. The number of hydrogen-bond donors (Lipinski definition) is 0. The molecule has 29 heavy (non-hydrogen) atoms. The van der Waals surface area contributed by atoms with E-state index in [9.17, 15) is 9.59 Å². The van der Waals surface area contributed by atoms with Gasteiger partial charge in [-0.3, -0.25) is 9.59 Å². The van der Waals surface area contributed by atoms with Crippen molar-refractivity contribution in [2.75, 3.05) is 19.7 Å². The van der Waals surface area contributed by atoms with Crippen molar-refractivity contribution in [1.82, 2.24) is 9.80 Å². The fourth-order valence-corrected chi connectivity index (χ4v) is 3.52. The van der Waals surface area contributed by atoms with Gasteiger partial charge in [0.05, 0.1) is 18.9 Å². The molecule has 156 valence electrons. The Hall–Kier alpha value is -2.60. The third-order valence-corrected chi connectivity index (χ3v) is 5.44. The molecular weight excluding hydrogens is 368 g/mol. The van der Waals surface area contributed by atoms with Crippen LogP contribution in [0.3, 0.4) is 0 Å². The average molecular weight is 399 g/mol. The second kappa shape index (κ2) is 10.3. The van der Waals surface area contributed by atoms with Crippen LogP contribution in [0.15, 0.2) is 53.1 Å². The molecule has 1 aromatic carbocycles. The van der Waals surface area contributed by atoms with Crippen LogP contribution >= 0.6 is 0 Å². The first-order valence-corrected chi connectivity index (χ1v) is 10.4. The summed E-state index contributed by atoms with van der Waals surface area (Å²) in [7, 11) is 0. The molecule has 2 aromatic rings. The Bertz CT molecular complexity index is 769. The van der Waals surface area contributed by atoms with Gasteiger partial charge in [-0.05, 0) is 50.5 Å². The molecule has 1 aromatic heterocycles. The second-order valence-corrected chi connectivity index (χ2v) is 7.55. The molecule has 1 fully saturated rings. The van der Waals surface area contributed by atoms with Crippen LogP contribution in [0.25, 0.3) is 0 Å². The van der Waals surface area contributed by atoms with E-state index in [2.05, 4.69) is 0 Å². The van der Waals surface area contributed by atoms with Crippen LogP contribution in [0.4, 0.5) is 0 Å². The molecule has 6 heteroatoms. The molecule has 1 saturated heterocycles. The molecule has 1 aliphatic heterocycles. The largest absolute Gasteiger partial charge is 0.467 e.